The van der Waals surface area contributed by atoms with E-state index >= 15 is 0 Å². The summed E-state index contributed by atoms with van der Waals surface area (Å²) >= 11 is 1.60. The van der Waals surface area contributed by atoms with Crippen molar-refractivity contribution in [3.63, 3.8) is 0 Å². The molecule has 1 atom stereocenters. The Labute approximate surface area is 174 Å². The monoisotopic (exact) mass is 417 g/mol. The number of thiazole rings is 1. The molecule has 5 nitrogen and oxygen atoms in total. The lowest BCUT2D eigenvalue weighted by Crippen LogP contribution is -3.09. The highest BCUT2D eigenvalue weighted by Gasteiger charge is 2.15. The van der Waals surface area contributed by atoms with Gasteiger partial charge in [-0.25, -0.2) is 9.37 Å². The Kier molecular flexibility index (Phi) is 7.06. The molecule has 3 rings (SSSR count). The molecule has 0 aliphatic rings. The zero-order valence-corrected chi connectivity index (χ0v) is 17.9. The van der Waals surface area contributed by atoms with Crippen LogP contribution in [0.1, 0.15) is 18.2 Å². The molecule has 2 aromatic carbocycles. The van der Waals surface area contributed by atoms with Crippen molar-refractivity contribution >= 4 is 11.3 Å². The van der Waals surface area contributed by atoms with Crippen LogP contribution in [0.3, 0.4) is 0 Å². The summed E-state index contributed by atoms with van der Waals surface area (Å²) in [6, 6.07) is 10.9. The van der Waals surface area contributed by atoms with Crippen molar-refractivity contribution in [3.05, 3.63) is 58.9 Å². The van der Waals surface area contributed by atoms with Gasteiger partial charge in [-0.2, -0.15) is 0 Å². The summed E-state index contributed by atoms with van der Waals surface area (Å²) in [5.41, 5.74) is 2.95. The molecule has 1 heterocycles. The van der Waals surface area contributed by atoms with Crippen LogP contribution in [0, 0.1) is 5.82 Å². The molecule has 154 valence electrons. The van der Waals surface area contributed by atoms with Crippen LogP contribution < -0.4 is 19.1 Å². The molecule has 0 amide bonds. The number of aromatic nitrogens is 1. The molecule has 0 aliphatic carbocycles. The molecular weight excluding hydrogens is 391 g/mol. The summed E-state index contributed by atoms with van der Waals surface area (Å²) < 4.78 is 29.7. The average molecular weight is 418 g/mol. The molecule has 0 fully saturated rings. The van der Waals surface area contributed by atoms with Crippen molar-refractivity contribution in [2.24, 2.45) is 0 Å². The zero-order valence-electron chi connectivity index (χ0n) is 17.1. The molecule has 0 spiro atoms. The van der Waals surface area contributed by atoms with Gasteiger partial charge in [0.2, 0.25) is 0 Å². The highest BCUT2D eigenvalue weighted by molar-refractivity contribution is 7.13. The van der Waals surface area contributed by atoms with Crippen LogP contribution in [0.5, 0.6) is 17.2 Å². The van der Waals surface area contributed by atoms with Gasteiger partial charge in [0.05, 0.1) is 27.9 Å². The van der Waals surface area contributed by atoms with Gasteiger partial charge in [0, 0.05) is 16.5 Å². The van der Waals surface area contributed by atoms with Crippen molar-refractivity contribution in [1.29, 1.82) is 0 Å². The third-order valence-corrected chi connectivity index (χ3v) is 5.72. The number of benzene rings is 2. The summed E-state index contributed by atoms with van der Waals surface area (Å²) in [7, 11) is 4.72. The third kappa shape index (κ3) is 5.05. The van der Waals surface area contributed by atoms with E-state index in [0.717, 1.165) is 41.5 Å². The Bertz CT molecular complexity index is 961. The minimum Gasteiger partial charge on any atom is -0.494 e. The van der Waals surface area contributed by atoms with E-state index in [1.165, 1.54) is 12.0 Å². The largest absolute Gasteiger partial charge is 0.494 e. The number of hydrogen-bond donors (Lipinski definition) is 1. The molecule has 1 unspecified atom stereocenters. The molecule has 1 N–H and O–H groups in total. The van der Waals surface area contributed by atoms with Gasteiger partial charge < -0.3 is 19.1 Å². The Hall–Kier alpha value is -2.64. The fourth-order valence-electron chi connectivity index (χ4n) is 3.17. The van der Waals surface area contributed by atoms with Gasteiger partial charge in [0.15, 0.2) is 23.1 Å². The first-order valence-electron chi connectivity index (χ1n) is 9.40. The molecule has 0 saturated heterocycles. The van der Waals surface area contributed by atoms with Gasteiger partial charge in [-0.3, -0.25) is 0 Å². The highest BCUT2D eigenvalue weighted by Crippen LogP contribution is 2.33. The number of methoxy groups -OCH3 is 3. The summed E-state index contributed by atoms with van der Waals surface area (Å²) in [5, 5.41) is 3.02. The summed E-state index contributed by atoms with van der Waals surface area (Å²) in [6.45, 7) is 4.53. The normalized spacial score (nSPS) is 11.9. The Morgan fingerprint density at radius 1 is 0.931 bits per heavy atom. The van der Waals surface area contributed by atoms with Crippen molar-refractivity contribution in [1.82, 2.24) is 4.98 Å². The standard InChI is InChI=1S/C22H25FN2O3S/c1-5-25(12-15-6-8-19(26-2)18(23)10-15)13-17-14-29-22(24-17)16-7-9-20(27-3)21(11-16)28-4/h6-11,14H,5,12-13H2,1-4H3/p+1. The van der Waals surface area contributed by atoms with Crippen LogP contribution in [0.25, 0.3) is 10.6 Å². The fraction of sp³-hybridized carbons (Fsp3) is 0.318. The maximum absolute atomic E-state index is 14.0. The number of halogens is 1. The fourth-order valence-corrected chi connectivity index (χ4v) is 3.98. The maximum atomic E-state index is 14.0. The van der Waals surface area contributed by atoms with Crippen molar-refractivity contribution in [2.75, 3.05) is 27.9 Å². The van der Waals surface area contributed by atoms with Crippen LogP contribution >= 0.6 is 11.3 Å². The van der Waals surface area contributed by atoms with E-state index in [4.69, 9.17) is 19.2 Å². The Morgan fingerprint density at radius 2 is 1.66 bits per heavy atom. The SMILES string of the molecule is CC[NH+](Cc1ccc(OC)c(F)c1)Cc1csc(-c2ccc(OC)c(OC)c2)n1. The second-order valence-electron chi connectivity index (χ2n) is 6.64. The number of rotatable bonds is 9. The van der Waals surface area contributed by atoms with Crippen LogP contribution in [0.4, 0.5) is 4.39 Å². The molecule has 1 aromatic heterocycles. The van der Waals surface area contributed by atoms with Crippen molar-refractivity contribution < 1.29 is 23.5 Å². The molecule has 7 heteroatoms. The number of quaternary nitrogens is 1. The quantitative estimate of drug-likeness (QED) is 0.578. The molecule has 3 aromatic rings. The van der Waals surface area contributed by atoms with Gasteiger partial charge in [0.25, 0.3) is 0 Å². The first-order chi connectivity index (χ1) is 14.1. The summed E-state index contributed by atoms with van der Waals surface area (Å²) in [5.74, 6) is 1.32. The lowest BCUT2D eigenvalue weighted by Gasteiger charge is -2.17. The van der Waals surface area contributed by atoms with E-state index in [2.05, 4.69) is 12.3 Å². The second kappa shape index (κ2) is 9.71. The molecule has 0 radical (unpaired) electrons. The number of nitrogens with zero attached hydrogens (tertiary/aromatic N) is 1. The third-order valence-electron chi connectivity index (χ3n) is 4.78. The average Bonchev–Trinajstić information content (AvgIpc) is 3.21. The van der Waals surface area contributed by atoms with E-state index in [-0.39, 0.29) is 11.6 Å². The molecule has 0 aliphatic heterocycles. The highest BCUT2D eigenvalue weighted by atomic mass is 32.1. The van der Waals surface area contributed by atoms with E-state index in [9.17, 15) is 4.39 Å². The summed E-state index contributed by atoms with van der Waals surface area (Å²) in [4.78, 5) is 6.10. The second-order valence-corrected chi connectivity index (χ2v) is 7.50. The Morgan fingerprint density at radius 3 is 2.31 bits per heavy atom. The number of hydrogen-bond acceptors (Lipinski definition) is 5. The first-order valence-corrected chi connectivity index (χ1v) is 10.3. The smallest absolute Gasteiger partial charge is 0.165 e. The lowest BCUT2D eigenvalue weighted by molar-refractivity contribution is -0.926. The van der Waals surface area contributed by atoms with Gasteiger partial charge in [-0.1, -0.05) is 0 Å². The van der Waals surface area contributed by atoms with Gasteiger partial charge in [-0.15, -0.1) is 11.3 Å². The zero-order chi connectivity index (χ0) is 20.8. The van der Waals surface area contributed by atoms with Crippen LogP contribution in [-0.4, -0.2) is 32.9 Å². The minimum atomic E-state index is -0.329. The van der Waals surface area contributed by atoms with E-state index in [1.54, 1.807) is 37.7 Å². The predicted molar refractivity (Wildman–Crippen MR) is 113 cm³/mol. The number of nitrogens with one attached hydrogen (secondary N) is 1. The minimum absolute atomic E-state index is 0.269. The molecule has 0 saturated carbocycles. The van der Waals surface area contributed by atoms with E-state index < -0.39 is 0 Å². The first kappa shape index (κ1) is 21.1. The van der Waals surface area contributed by atoms with Gasteiger partial charge in [-0.05, 0) is 43.3 Å². The van der Waals surface area contributed by atoms with Crippen molar-refractivity contribution in [2.45, 2.75) is 20.0 Å². The Balaban J connectivity index is 1.72. The lowest BCUT2D eigenvalue weighted by atomic mass is 10.2. The van der Waals surface area contributed by atoms with Crippen LogP contribution in [0.2, 0.25) is 0 Å². The summed E-state index contributed by atoms with van der Waals surface area (Å²) in [6.07, 6.45) is 0. The van der Waals surface area contributed by atoms with Gasteiger partial charge in [0.1, 0.15) is 23.8 Å². The topological polar surface area (TPSA) is 45.0 Å². The number of ether oxygens (including phenoxy) is 3. The predicted octanol–water partition coefficient (Wildman–Crippen LogP) is 3.58. The van der Waals surface area contributed by atoms with Crippen LogP contribution in [0.15, 0.2) is 41.8 Å². The van der Waals surface area contributed by atoms with E-state index in [0.29, 0.717) is 11.5 Å². The van der Waals surface area contributed by atoms with Crippen molar-refractivity contribution in [3.8, 4) is 27.8 Å². The van der Waals surface area contributed by atoms with E-state index in [1.807, 2.05) is 24.3 Å². The van der Waals surface area contributed by atoms with Gasteiger partial charge >= 0.3 is 0 Å². The maximum Gasteiger partial charge on any atom is 0.165 e. The van der Waals surface area contributed by atoms with Crippen LogP contribution in [-0.2, 0) is 13.1 Å². The molecule has 0 bridgehead atoms. The molecule has 29 heavy (non-hydrogen) atoms. The molecular formula is C22H26FN2O3S+.